The van der Waals surface area contributed by atoms with Crippen LogP contribution in [0, 0.1) is 30.9 Å². The van der Waals surface area contributed by atoms with Gasteiger partial charge in [0.05, 0.1) is 4.92 Å². The third kappa shape index (κ3) is 4.35. The van der Waals surface area contributed by atoms with Crippen LogP contribution < -0.4 is 10.1 Å². The highest BCUT2D eigenvalue weighted by Gasteiger charge is 2.14. The van der Waals surface area contributed by atoms with Gasteiger partial charge >= 0.3 is 0 Å². The van der Waals surface area contributed by atoms with Crippen molar-refractivity contribution in [1.82, 2.24) is 9.78 Å². The van der Waals surface area contributed by atoms with Gasteiger partial charge in [-0.2, -0.15) is 5.10 Å². The number of anilines is 1. The number of nitrogens with one attached hydrogen (secondary N) is 1. The Morgan fingerprint density at radius 1 is 1.14 bits per heavy atom. The number of amides is 1. The van der Waals surface area contributed by atoms with E-state index in [1.54, 1.807) is 19.2 Å². The zero-order valence-corrected chi connectivity index (χ0v) is 15.8. The Bertz CT molecular complexity index is 1040. The second-order valence-electron chi connectivity index (χ2n) is 6.49. The Labute approximate surface area is 161 Å². The smallest absolute Gasteiger partial charge is 0.276 e. The summed E-state index contributed by atoms with van der Waals surface area (Å²) in [7, 11) is 0. The highest BCUT2D eigenvalue weighted by atomic mass is 16.6. The molecule has 3 aromatic rings. The van der Waals surface area contributed by atoms with Crippen molar-refractivity contribution in [2.75, 3.05) is 5.32 Å². The van der Waals surface area contributed by atoms with Crippen LogP contribution in [-0.2, 0) is 6.73 Å². The van der Waals surface area contributed by atoms with E-state index in [4.69, 9.17) is 4.74 Å². The molecule has 1 N–H and O–H groups in total. The van der Waals surface area contributed by atoms with Crippen LogP contribution in [-0.4, -0.2) is 20.6 Å². The zero-order chi connectivity index (χ0) is 20.3. The number of rotatable bonds is 6. The molecule has 8 heteroatoms. The number of non-ortho nitro benzene ring substituents is 1. The van der Waals surface area contributed by atoms with Gasteiger partial charge in [-0.25, -0.2) is 4.68 Å². The van der Waals surface area contributed by atoms with E-state index in [2.05, 4.69) is 10.4 Å². The van der Waals surface area contributed by atoms with Crippen molar-refractivity contribution in [3.8, 4) is 5.75 Å². The van der Waals surface area contributed by atoms with E-state index in [-0.39, 0.29) is 18.1 Å². The number of carbonyl (C=O) groups is 1. The molecule has 1 heterocycles. The molecule has 0 saturated carbocycles. The lowest BCUT2D eigenvalue weighted by atomic mass is 10.1. The van der Waals surface area contributed by atoms with Crippen molar-refractivity contribution in [2.45, 2.75) is 27.5 Å². The van der Waals surface area contributed by atoms with Gasteiger partial charge < -0.3 is 10.1 Å². The number of nitrogens with zero attached hydrogens (tertiary/aromatic N) is 3. The number of nitro groups is 1. The topological polar surface area (TPSA) is 99.3 Å². The molecular weight excluding hydrogens is 360 g/mol. The maximum Gasteiger partial charge on any atom is 0.276 e. The third-order valence-corrected chi connectivity index (χ3v) is 4.23. The molecule has 0 radical (unpaired) electrons. The molecule has 0 fully saturated rings. The van der Waals surface area contributed by atoms with E-state index in [9.17, 15) is 14.9 Å². The van der Waals surface area contributed by atoms with Gasteiger partial charge in [-0.15, -0.1) is 0 Å². The monoisotopic (exact) mass is 380 g/mol. The summed E-state index contributed by atoms with van der Waals surface area (Å²) in [6, 6.07) is 11.7. The molecular formula is C20H20N4O4. The van der Waals surface area contributed by atoms with Crippen LogP contribution in [0.5, 0.6) is 5.75 Å². The van der Waals surface area contributed by atoms with Crippen molar-refractivity contribution in [2.24, 2.45) is 0 Å². The first kappa shape index (κ1) is 19.1. The second kappa shape index (κ2) is 7.91. The van der Waals surface area contributed by atoms with Crippen LogP contribution in [0.2, 0.25) is 0 Å². The van der Waals surface area contributed by atoms with Gasteiger partial charge in [0, 0.05) is 24.0 Å². The minimum absolute atomic E-state index is 0.0247. The molecule has 8 nitrogen and oxygen atoms in total. The fourth-order valence-electron chi connectivity index (χ4n) is 2.74. The molecule has 1 aromatic heterocycles. The first-order valence-electron chi connectivity index (χ1n) is 8.63. The first-order valence-corrected chi connectivity index (χ1v) is 8.63. The van der Waals surface area contributed by atoms with Crippen molar-refractivity contribution >= 4 is 17.3 Å². The molecule has 1 amide bonds. The lowest BCUT2D eigenvalue weighted by Crippen LogP contribution is -2.15. The average molecular weight is 380 g/mol. The quantitative estimate of drug-likeness (QED) is 0.515. The molecule has 2 aromatic carbocycles. The molecule has 0 spiro atoms. The third-order valence-electron chi connectivity index (χ3n) is 4.23. The summed E-state index contributed by atoms with van der Waals surface area (Å²) in [5.41, 5.74) is 3.48. The minimum Gasteiger partial charge on any atom is -0.471 e. The summed E-state index contributed by atoms with van der Waals surface area (Å²) in [6.45, 7) is 5.85. The van der Waals surface area contributed by atoms with Crippen molar-refractivity contribution in [1.29, 1.82) is 0 Å². The molecule has 0 saturated heterocycles. The van der Waals surface area contributed by atoms with Crippen LogP contribution in [0.4, 0.5) is 11.4 Å². The molecule has 0 aliphatic heterocycles. The van der Waals surface area contributed by atoms with Crippen LogP contribution in [0.3, 0.4) is 0 Å². The number of ether oxygens (including phenoxy) is 1. The lowest BCUT2D eigenvalue weighted by molar-refractivity contribution is -0.384. The van der Waals surface area contributed by atoms with Crippen LogP contribution in [0.15, 0.2) is 48.7 Å². The molecule has 0 aliphatic rings. The van der Waals surface area contributed by atoms with E-state index in [1.807, 2.05) is 32.0 Å². The Kier molecular flexibility index (Phi) is 5.39. The van der Waals surface area contributed by atoms with Gasteiger partial charge in [-0.05, 0) is 50.1 Å². The Morgan fingerprint density at radius 2 is 1.93 bits per heavy atom. The molecule has 3 rings (SSSR count). The van der Waals surface area contributed by atoms with E-state index in [1.165, 1.54) is 22.9 Å². The lowest BCUT2D eigenvalue weighted by Gasteiger charge is -2.09. The fourth-order valence-corrected chi connectivity index (χ4v) is 2.74. The van der Waals surface area contributed by atoms with Gasteiger partial charge in [0.1, 0.15) is 5.75 Å². The van der Waals surface area contributed by atoms with Crippen LogP contribution >= 0.6 is 0 Å². The van der Waals surface area contributed by atoms with Crippen molar-refractivity contribution in [3.05, 3.63) is 81.2 Å². The van der Waals surface area contributed by atoms with Crippen molar-refractivity contribution in [3.63, 3.8) is 0 Å². The Hall–Kier alpha value is -3.68. The maximum atomic E-state index is 12.4. The fraction of sp³-hybridized carbons (Fsp3) is 0.200. The summed E-state index contributed by atoms with van der Waals surface area (Å²) in [6.07, 6.45) is 1.65. The van der Waals surface area contributed by atoms with Gasteiger partial charge in [0.25, 0.3) is 11.6 Å². The van der Waals surface area contributed by atoms with Crippen LogP contribution in [0.25, 0.3) is 0 Å². The van der Waals surface area contributed by atoms with E-state index >= 15 is 0 Å². The number of benzene rings is 2. The SMILES string of the molecule is Cc1ccc(OCn2ccc(C(=O)Nc3ccc([N+](=O)[O-])cc3C)n2)c(C)c1. The van der Waals surface area contributed by atoms with Crippen LogP contribution in [0.1, 0.15) is 27.2 Å². The molecule has 144 valence electrons. The number of nitro benzene ring substituents is 1. The average Bonchev–Trinajstić information content (AvgIpc) is 3.11. The standard InChI is InChI=1S/C20H20N4O4/c1-13-4-7-19(15(3)10-13)28-12-23-9-8-18(22-23)20(25)21-17-6-5-16(24(26)27)11-14(17)2/h4-11H,12H2,1-3H3,(H,21,25). The second-order valence-corrected chi connectivity index (χ2v) is 6.49. The first-order chi connectivity index (χ1) is 13.3. The van der Waals surface area contributed by atoms with E-state index in [0.717, 1.165) is 16.9 Å². The number of aryl methyl sites for hydroxylation is 3. The molecule has 0 atom stereocenters. The minimum atomic E-state index is -0.476. The van der Waals surface area contributed by atoms with E-state index in [0.29, 0.717) is 11.3 Å². The molecule has 28 heavy (non-hydrogen) atoms. The summed E-state index contributed by atoms with van der Waals surface area (Å²) >= 11 is 0. The molecule has 0 unspecified atom stereocenters. The largest absolute Gasteiger partial charge is 0.471 e. The zero-order valence-electron chi connectivity index (χ0n) is 15.8. The number of hydrogen-bond acceptors (Lipinski definition) is 5. The van der Waals surface area contributed by atoms with Gasteiger partial charge in [-0.3, -0.25) is 14.9 Å². The predicted molar refractivity (Wildman–Crippen MR) is 105 cm³/mol. The Balaban J connectivity index is 1.64. The summed E-state index contributed by atoms with van der Waals surface area (Å²) in [5.74, 6) is 0.357. The summed E-state index contributed by atoms with van der Waals surface area (Å²) in [4.78, 5) is 22.7. The van der Waals surface area contributed by atoms with E-state index < -0.39 is 10.8 Å². The number of aromatic nitrogens is 2. The normalized spacial score (nSPS) is 10.5. The highest BCUT2D eigenvalue weighted by Crippen LogP contribution is 2.22. The molecule has 0 aliphatic carbocycles. The molecule has 0 bridgehead atoms. The maximum absolute atomic E-state index is 12.4. The predicted octanol–water partition coefficient (Wildman–Crippen LogP) is 4.01. The number of hydrogen-bond donors (Lipinski definition) is 1. The summed E-state index contributed by atoms with van der Waals surface area (Å²) < 4.78 is 7.27. The summed E-state index contributed by atoms with van der Waals surface area (Å²) in [5, 5.41) is 17.7. The van der Waals surface area contributed by atoms with Gasteiger partial charge in [0.2, 0.25) is 0 Å². The van der Waals surface area contributed by atoms with Crippen molar-refractivity contribution < 1.29 is 14.5 Å². The highest BCUT2D eigenvalue weighted by molar-refractivity contribution is 6.03. The number of carbonyl (C=O) groups excluding carboxylic acids is 1. The van der Waals surface area contributed by atoms with Gasteiger partial charge in [0.15, 0.2) is 12.4 Å². The van der Waals surface area contributed by atoms with Gasteiger partial charge in [-0.1, -0.05) is 17.7 Å². The Morgan fingerprint density at radius 3 is 2.61 bits per heavy atom.